The maximum atomic E-state index is 13.0. The molecule has 0 N–H and O–H groups in total. The van der Waals surface area contributed by atoms with Crippen molar-refractivity contribution in [3.63, 3.8) is 0 Å². The highest BCUT2D eigenvalue weighted by atomic mass is 16.6. The van der Waals surface area contributed by atoms with Crippen LogP contribution in [0.2, 0.25) is 0 Å². The Labute approximate surface area is 172 Å². The molecular formula is C26H27NO2. The van der Waals surface area contributed by atoms with E-state index >= 15 is 0 Å². The minimum absolute atomic E-state index is 0.116. The van der Waals surface area contributed by atoms with E-state index in [1.54, 1.807) is 0 Å². The first-order valence-electron chi connectivity index (χ1n) is 10.6. The summed E-state index contributed by atoms with van der Waals surface area (Å²) in [6, 6.07) is 17.4. The number of nitrogens with zero attached hydrogens (tertiary/aromatic N) is 1. The molecule has 0 aromatic heterocycles. The van der Waals surface area contributed by atoms with Gasteiger partial charge in [0.15, 0.2) is 0 Å². The molecule has 2 unspecified atom stereocenters. The molecule has 0 saturated carbocycles. The number of hydrogen-bond acceptors (Lipinski definition) is 2. The molecule has 3 nitrogen and oxygen atoms in total. The minimum atomic E-state index is -0.160. The second-order valence-electron chi connectivity index (χ2n) is 8.68. The standard InChI is InChI=1S/C26H27NO2/c1-17(2)13-18-14-19-11-12-20(15-18)27(19)26(28)29-16-25-23-9-5-3-7-21(23)22-8-4-6-10-24(22)25/h3-10,13-14,19-20,25H,11-12,15-16H2,1-2H3. The first-order chi connectivity index (χ1) is 14.1. The molecule has 0 spiro atoms. The Kier molecular flexibility index (Phi) is 4.54. The molecule has 2 atom stereocenters. The molecule has 2 bridgehead atoms. The van der Waals surface area contributed by atoms with Crippen LogP contribution in [-0.2, 0) is 4.74 Å². The lowest BCUT2D eigenvalue weighted by Gasteiger charge is -2.33. The summed E-state index contributed by atoms with van der Waals surface area (Å²) in [5, 5.41) is 0. The van der Waals surface area contributed by atoms with Gasteiger partial charge in [-0.25, -0.2) is 4.79 Å². The minimum Gasteiger partial charge on any atom is -0.448 e. The lowest BCUT2D eigenvalue weighted by molar-refractivity contribution is 0.0854. The van der Waals surface area contributed by atoms with Crippen LogP contribution in [-0.4, -0.2) is 29.7 Å². The van der Waals surface area contributed by atoms with Crippen LogP contribution in [0.3, 0.4) is 0 Å². The second-order valence-corrected chi connectivity index (χ2v) is 8.68. The first kappa shape index (κ1) is 18.2. The first-order valence-corrected chi connectivity index (χ1v) is 10.6. The van der Waals surface area contributed by atoms with Crippen LogP contribution in [0.5, 0.6) is 0 Å². The fourth-order valence-electron chi connectivity index (χ4n) is 5.29. The third-order valence-corrected chi connectivity index (χ3v) is 6.45. The van der Waals surface area contributed by atoms with Gasteiger partial charge in [-0.2, -0.15) is 0 Å². The quantitative estimate of drug-likeness (QED) is 0.642. The van der Waals surface area contributed by atoms with Crippen molar-refractivity contribution in [2.75, 3.05) is 6.61 Å². The van der Waals surface area contributed by atoms with Gasteiger partial charge in [0, 0.05) is 12.0 Å². The average molecular weight is 386 g/mol. The predicted molar refractivity (Wildman–Crippen MR) is 116 cm³/mol. The van der Waals surface area contributed by atoms with E-state index in [-0.39, 0.29) is 24.1 Å². The van der Waals surface area contributed by atoms with Gasteiger partial charge in [0.25, 0.3) is 0 Å². The molecule has 2 aliphatic heterocycles. The van der Waals surface area contributed by atoms with Crippen molar-refractivity contribution in [3.05, 3.63) is 83.0 Å². The fourth-order valence-corrected chi connectivity index (χ4v) is 5.29. The molecule has 2 heterocycles. The maximum absolute atomic E-state index is 13.0. The number of carbonyl (C=O) groups is 1. The Morgan fingerprint density at radius 2 is 1.69 bits per heavy atom. The van der Waals surface area contributed by atoms with Crippen LogP contribution >= 0.6 is 0 Å². The Hall–Kier alpha value is -2.81. The number of allylic oxidation sites excluding steroid dienone is 2. The summed E-state index contributed by atoms with van der Waals surface area (Å²) in [6.45, 7) is 4.65. The molecule has 1 fully saturated rings. The molecule has 2 aromatic rings. The zero-order valence-electron chi connectivity index (χ0n) is 17.1. The van der Waals surface area contributed by atoms with Gasteiger partial charge in [-0.3, -0.25) is 4.90 Å². The van der Waals surface area contributed by atoms with E-state index in [9.17, 15) is 4.79 Å². The van der Waals surface area contributed by atoms with Crippen molar-refractivity contribution in [1.82, 2.24) is 4.90 Å². The van der Waals surface area contributed by atoms with Crippen LogP contribution in [0.15, 0.2) is 71.8 Å². The highest BCUT2D eigenvalue weighted by molar-refractivity contribution is 5.79. The molecule has 1 aliphatic carbocycles. The van der Waals surface area contributed by atoms with E-state index in [0.717, 1.165) is 19.3 Å². The van der Waals surface area contributed by atoms with Crippen molar-refractivity contribution in [3.8, 4) is 11.1 Å². The SMILES string of the molecule is CC(C)=CC1=CC2CCC(C1)N2C(=O)OCC1c2ccccc2-c2ccccc21. The van der Waals surface area contributed by atoms with E-state index in [2.05, 4.69) is 74.5 Å². The summed E-state index contributed by atoms with van der Waals surface area (Å²) in [5.41, 5.74) is 7.71. The van der Waals surface area contributed by atoms with E-state index < -0.39 is 0 Å². The molecule has 2 aromatic carbocycles. The van der Waals surface area contributed by atoms with Crippen LogP contribution in [0.1, 0.15) is 50.2 Å². The van der Waals surface area contributed by atoms with E-state index in [4.69, 9.17) is 4.74 Å². The second kappa shape index (κ2) is 7.22. The number of amides is 1. The Morgan fingerprint density at radius 3 is 2.31 bits per heavy atom. The van der Waals surface area contributed by atoms with Gasteiger partial charge >= 0.3 is 6.09 Å². The average Bonchev–Trinajstić information content (AvgIpc) is 3.18. The van der Waals surface area contributed by atoms with Gasteiger partial charge in [0.05, 0.1) is 6.04 Å². The normalized spacial score (nSPS) is 22.0. The molecule has 1 saturated heterocycles. The number of fused-ring (bicyclic) bond motifs is 5. The Balaban J connectivity index is 1.33. The van der Waals surface area contributed by atoms with Crippen LogP contribution in [0.4, 0.5) is 4.79 Å². The van der Waals surface area contributed by atoms with Crippen molar-refractivity contribution in [2.24, 2.45) is 0 Å². The van der Waals surface area contributed by atoms with Crippen molar-refractivity contribution in [1.29, 1.82) is 0 Å². The van der Waals surface area contributed by atoms with Gasteiger partial charge in [-0.05, 0) is 60.9 Å². The van der Waals surface area contributed by atoms with Gasteiger partial charge in [0.2, 0.25) is 0 Å². The summed E-state index contributed by atoms with van der Waals surface area (Å²) in [4.78, 5) is 15.0. The lowest BCUT2D eigenvalue weighted by Crippen LogP contribution is -2.43. The fraction of sp³-hybridized carbons (Fsp3) is 0.346. The molecule has 1 amide bonds. The maximum Gasteiger partial charge on any atom is 0.410 e. The Morgan fingerprint density at radius 1 is 1.03 bits per heavy atom. The highest BCUT2D eigenvalue weighted by Crippen LogP contribution is 2.45. The summed E-state index contributed by atoms with van der Waals surface area (Å²) in [5.74, 6) is 0.116. The van der Waals surface area contributed by atoms with Gasteiger partial charge in [0.1, 0.15) is 6.61 Å². The topological polar surface area (TPSA) is 29.5 Å². The Bertz CT molecular complexity index is 969. The largest absolute Gasteiger partial charge is 0.448 e. The smallest absolute Gasteiger partial charge is 0.410 e. The number of carbonyl (C=O) groups excluding carboxylic acids is 1. The zero-order valence-corrected chi connectivity index (χ0v) is 17.1. The summed E-state index contributed by atoms with van der Waals surface area (Å²) in [6.07, 6.45) is 7.39. The third kappa shape index (κ3) is 3.19. The molecule has 3 aliphatic rings. The molecule has 5 rings (SSSR count). The summed E-state index contributed by atoms with van der Waals surface area (Å²) in [7, 11) is 0. The van der Waals surface area contributed by atoms with E-state index in [1.807, 2.05) is 4.90 Å². The van der Waals surface area contributed by atoms with E-state index in [1.165, 1.54) is 33.4 Å². The van der Waals surface area contributed by atoms with Gasteiger partial charge in [-0.15, -0.1) is 0 Å². The predicted octanol–water partition coefficient (Wildman–Crippen LogP) is 6.06. The summed E-state index contributed by atoms with van der Waals surface area (Å²) < 4.78 is 5.92. The lowest BCUT2D eigenvalue weighted by atomic mass is 9.98. The van der Waals surface area contributed by atoms with Crippen molar-refractivity contribution in [2.45, 2.75) is 51.1 Å². The number of ether oxygens (including phenoxy) is 1. The number of rotatable bonds is 3. The molecule has 148 valence electrons. The molecule has 3 heteroatoms. The third-order valence-electron chi connectivity index (χ3n) is 6.45. The van der Waals surface area contributed by atoms with Crippen LogP contribution in [0.25, 0.3) is 11.1 Å². The van der Waals surface area contributed by atoms with Crippen molar-refractivity contribution >= 4 is 6.09 Å². The molecule has 0 radical (unpaired) electrons. The zero-order chi connectivity index (χ0) is 20.0. The van der Waals surface area contributed by atoms with Crippen molar-refractivity contribution < 1.29 is 9.53 Å². The molecular weight excluding hydrogens is 358 g/mol. The summed E-state index contributed by atoms with van der Waals surface area (Å²) >= 11 is 0. The molecule has 29 heavy (non-hydrogen) atoms. The van der Waals surface area contributed by atoms with Crippen LogP contribution in [0, 0.1) is 0 Å². The monoisotopic (exact) mass is 385 g/mol. The van der Waals surface area contributed by atoms with Gasteiger partial charge < -0.3 is 4.74 Å². The van der Waals surface area contributed by atoms with Gasteiger partial charge in [-0.1, -0.05) is 66.3 Å². The number of benzene rings is 2. The van der Waals surface area contributed by atoms with E-state index in [0.29, 0.717) is 6.61 Å². The highest BCUT2D eigenvalue weighted by Gasteiger charge is 2.40. The van der Waals surface area contributed by atoms with Crippen LogP contribution < -0.4 is 0 Å². The number of hydrogen-bond donors (Lipinski definition) is 0.